The van der Waals surface area contributed by atoms with Crippen molar-refractivity contribution in [3.05, 3.63) is 29.0 Å². The highest BCUT2D eigenvalue weighted by atomic mass is 35.5. The molecule has 0 saturated heterocycles. The number of rotatable bonds is 1. The van der Waals surface area contributed by atoms with E-state index in [0.717, 1.165) is 0 Å². The van der Waals surface area contributed by atoms with Gasteiger partial charge in [-0.2, -0.15) is 4.99 Å². The topological polar surface area (TPSA) is 12.4 Å². The van der Waals surface area contributed by atoms with Crippen LogP contribution in [0.5, 0.6) is 0 Å². The Morgan fingerprint density at radius 3 is 2.91 bits per heavy atom. The molecule has 1 nitrogen and oxygen atoms in total. The zero-order valence-corrected chi connectivity index (χ0v) is 6.92. The van der Waals surface area contributed by atoms with E-state index < -0.39 is 5.82 Å². The lowest BCUT2D eigenvalue weighted by Crippen LogP contribution is -1.74. The van der Waals surface area contributed by atoms with Gasteiger partial charge in [0.1, 0.15) is 10.8 Å². The van der Waals surface area contributed by atoms with Crippen LogP contribution in [0.3, 0.4) is 0 Å². The Bertz CT molecular complexity index is 320. The largest absolute Gasteiger partial charge is 0.205 e. The van der Waals surface area contributed by atoms with Crippen molar-refractivity contribution in [3.63, 3.8) is 0 Å². The molecular formula is C7H3ClFNS. The smallest absolute Gasteiger partial charge is 0.144 e. The zero-order chi connectivity index (χ0) is 8.27. The average Bonchev–Trinajstić information content (AvgIpc) is 1.99. The van der Waals surface area contributed by atoms with Gasteiger partial charge >= 0.3 is 0 Å². The maximum atomic E-state index is 12.6. The average molecular weight is 188 g/mol. The number of hydrogen-bond acceptors (Lipinski definition) is 2. The molecule has 0 aliphatic carbocycles. The summed E-state index contributed by atoms with van der Waals surface area (Å²) >= 11 is 9.86. The molecule has 56 valence electrons. The van der Waals surface area contributed by atoms with Gasteiger partial charge in [0, 0.05) is 0 Å². The molecule has 4 heteroatoms. The molecule has 0 aromatic heterocycles. The van der Waals surface area contributed by atoms with Crippen LogP contribution in [0, 0.1) is 5.82 Å². The van der Waals surface area contributed by atoms with E-state index in [9.17, 15) is 4.39 Å². The van der Waals surface area contributed by atoms with Crippen LogP contribution in [0.15, 0.2) is 23.2 Å². The van der Waals surface area contributed by atoms with Gasteiger partial charge < -0.3 is 0 Å². The van der Waals surface area contributed by atoms with E-state index in [1.165, 1.54) is 12.1 Å². The molecule has 0 unspecified atom stereocenters. The monoisotopic (exact) mass is 187 g/mol. The van der Waals surface area contributed by atoms with Crippen LogP contribution in [0.2, 0.25) is 5.02 Å². The number of isothiocyanates is 1. The van der Waals surface area contributed by atoms with Crippen LogP contribution in [-0.4, -0.2) is 5.16 Å². The number of benzene rings is 1. The summed E-state index contributed by atoms with van der Waals surface area (Å²) in [7, 11) is 0. The molecule has 0 fully saturated rings. The van der Waals surface area contributed by atoms with E-state index in [1.807, 2.05) is 0 Å². The van der Waals surface area contributed by atoms with Gasteiger partial charge in [-0.05, 0) is 24.4 Å². The highest BCUT2D eigenvalue weighted by Gasteiger charge is 2.02. The first kappa shape index (κ1) is 8.34. The summed E-state index contributed by atoms with van der Waals surface area (Å²) < 4.78 is 12.6. The van der Waals surface area contributed by atoms with E-state index in [0.29, 0.717) is 5.69 Å². The lowest BCUT2D eigenvalue weighted by Gasteiger charge is -1.94. The second-order valence-corrected chi connectivity index (χ2v) is 2.34. The quantitative estimate of drug-likeness (QED) is 0.486. The summed E-state index contributed by atoms with van der Waals surface area (Å²) in [5, 5.41) is 2.09. The van der Waals surface area contributed by atoms with Gasteiger partial charge in [0.25, 0.3) is 0 Å². The number of hydrogen-bond donors (Lipinski definition) is 0. The van der Waals surface area contributed by atoms with E-state index in [-0.39, 0.29) is 5.02 Å². The molecule has 0 atom stereocenters. The molecule has 0 bridgehead atoms. The van der Waals surface area contributed by atoms with Crippen LogP contribution in [-0.2, 0) is 0 Å². The summed E-state index contributed by atoms with van der Waals surface area (Å²) in [5.41, 5.74) is 0.307. The fourth-order valence-corrected chi connectivity index (χ4v) is 0.895. The van der Waals surface area contributed by atoms with Gasteiger partial charge in [-0.3, -0.25) is 0 Å². The number of nitrogens with zero attached hydrogens (tertiary/aromatic N) is 1. The molecule has 1 rings (SSSR count). The first-order valence-electron chi connectivity index (χ1n) is 2.77. The van der Waals surface area contributed by atoms with Crippen molar-refractivity contribution < 1.29 is 4.39 Å². The zero-order valence-electron chi connectivity index (χ0n) is 5.34. The number of halogens is 2. The van der Waals surface area contributed by atoms with Crippen molar-refractivity contribution in [2.75, 3.05) is 0 Å². The Balaban J connectivity index is 3.26. The molecule has 0 spiro atoms. The molecular weight excluding hydrogens is 185 g/mol. The van der Waals surface area contributed by atoms with Crippen molar-refractivity contribution >= 4 is 34.7 Å². The van der Waals surface area contributed by atoms with Crippen molar-refractivity contribution in [1.82, 2.24) is 0 Å². The van der Waals surface area contributed by atoms with E-state index >= 15 is 0 Å². The summed E-state index contributed by atoms with van der Waals surface area (Å²) in [5.74, 6) is -0.502. The van der Waals surface area contributed by atoms with Crippen molar-refractivity contribution in [2.24, 2.45) is 4.99 Å². The molecule has 0 saturated carbocycles. The maximum absolute atomic E-state index is 12.6. The van der Waals surface area contributed by atoms with Gasteiger partial charge in [-0.15, -0.1) is 0 Å². The minimum atomic E-state index is -0.502. The highest BCUT2D eigenvalue weighted by Crippen LogP contribution is 2.26. The molecule has 0 heterocycles. The number of aliphatic imine (C=N–C) groups is 1. The van der Waals surface area contributed by atoms with Crippen LogP contribution < -0.4 is 0 Å². The van der Waals surface area contributed by atoms with Gasteiger partial charge in [-0.1, -0.05) is 17.7 Å². The van der Waals surface area contributed by atoms with Crippen molar-refractivity contribution in [3.8, 4) is 0 Å². The van der Waals surface area contributed by atoms with E-state index in [2.05, 4.69) is 22.4 Å². The minimum Gasteiger partial charge on any atom is -0.205 e. The fourth-order valence-electron chi connectivity index (χ4n) is 0.628. The van der Waals surface area contributed by atoms with Gasteiger partial charge in [-0.25, -0.2) is 4.39 Å². The summed E-state index contributed by atoms with van der Waals surface area (Å²) in [4.78, 5) is 3.56. The van der Waals surface area contributed by atoms with E-state index in [4.69, 9.17) is 11.6 Å². The lowest BCUT2D eigenvalue weighted by atomic mass is 10.3. The van der Waals surface area contributed by atoms with Crippen LogP contribution >= 0.6 is 23.8 Å². The predicted octanol–water partition coefficient (Wildman–Crippen LogP) is 3.21. The Labute approximate surface area is 73.5 Å². The van der Waals surface area contributed by atoms with Crippen LogP contribution in [0.1, 0.15) is 0 Å². The lowest BCUT2D eigenvalue weighted by molar-refractivity contribution is 0.628. The summed E-state index contributed by atoms with van der Waals surface area (Å²) in [6, 6.07) is 4.32. The highest BCUT2D eigenvalue weighted by molar-refractivity contribution is 7.78. The van der Waals surface area contributed by atoms with Crippen molar-refractivity contribution in [2.45, 2.75) is 0 Å². The molecule has 0 radical (unpaired) electrons. The molecule has 0 aliphatic rings. The second-order valence-electron chi connectivity index (χ2n) is 1.78. The van der Waals surface area contributed by atoms with Gasteiger partial charge in [0.05, 0.1) is 10.8 Å². The third-order valence-corrected chi connectivity index (χ3v) is 1.56. The Morgan fingerprint density at radius 1 is 1.55 bits per heavy atom. The Morgan fingerprint density at radius 2 is 2.27 bits per heavy atom. The molecule has 11 heavy (non-hydrogen) atoms. The SMILES string of the molecule is Fc1cccc(N=C=S)c1Cl. The second kappa shape index (κ2) is 3.58. The molecule has 0 aliphatic heterocycles. The Kier molecular flexibility index (Phi) is 2.71. The minimum absolute atomic E-state index is 0.0233. The third kappa shape index (κ3) is 1.84. The van der Waals surface area contributed by atoms with Crippen molar-refractivity contribution in [1.29, 1.82) is 0 Å². The van der Waals surface area contributed by atoms with E-state index in [1.54, 1.807) is 6.07 Å². The molecule has 1 aromatic rings. The van der Waals surface area contributed by atoms with Crippen LogP contribution in [0.4, 0.5) is 10.1 Å². The molecule has 0 N–H and O–H groups in total. The van der Waals surface area contributed by atoms with Gasteiger partial charge in [0.2, 0.25) is 0 Å². The van der Waals surface area contributed by atoms with Gasteiger partial charge in [0.15, 0.2) is 0 Å². The third-order valence-electron chi connectivity index (χ3n) is 1.10. The molecule has 1 aromatic carbocycles. The molecule has 0 amide bonds. The summed E-state index contributed by atoms with van der Waals surface area (Å²) in [6.45, 7) is 0. The summed E-state index contributed by atoms with van der Waals surface area (Å²) in [6.07, 6.45) is 0. The maximum Gasteiger partial charge on any atom is 0.144 e. The Hall–Kier alpha value is -0.760. The number of thiocarbonyl (C=S) groups is 1. The first-order chi connectivity index (χ1) is 5.25. The first-order valence-corrected chi connectivity index (χ1v) is 3.56. The standard InChI is InChI=1S/C7H3ClFNS/c8-7-5(9)2-1-3-6(7)10-4-11/h1-3H. The van der Waals surface area contributed by atoms with Crippen LogP contribution in [0.25, 0.3) is 0 Å². The predicted molar refractivity (Wildman–Crippen MR) is 46.1 cm³/mol. The normalized spacial score (nSPS) is 8.91. The fraction of sp³-hybridized carbons (Fsp3) is 0.